The van der Waals surface area contributed by atoms with Gasteiger partial charge < -0.3 is 10.0 Å². The minimum absolute atomic E-state index is 0.254. The number of aryl methyl sites for hydroxylation is 1. The molecule has 5 heteroatoms. The van der Waals surface area contributed by atoms with Gasteiger partial charge in [-0.25, -0.2) is 4.79 Å². The van der Waals surface area contributed by atoms with Crippen LogP contribution in [-0.2, 0) is 11.2 Å². The Morgan fingerprint density at radius 1 is 1.17 bits per heavy atom. The molecule has 0 bridgehead atoms. The minimum atomic E-state index is -0.915. The Balaban J connectivity index is 1.57. The lowest BCUT2D eigenvalue weighted by Crippen LogP contribution is -2.51. The van der Waals surface area contributed by atoms with E-state index in [2.05, 4.69) is 4.90 Å². The molecule has 0 radical (unpaired) electrons. The molecule has 2 atom stereocenters. The Morgan fingerprint density at radius 3 is 2.65 bits per heavy atom. The van der Waals surface area contributed by atoms with E-state index in [1.165, 1.54) is 19.3 Å². The van der Waals surface area contributed by atoms with Gasteiger partial charge in [0, 0.05) is 30.0 Å². The molecule has 1 aliphatic carbocycles. The van der Waals surface area contributed by atoms with E-state index in [1.807, 2.05) is 23.9 Å². The number of hydrogen-bond acceptors (Lipinski definition) is 3. The van der Waals surface area contributed by atoms with Crippen LogP contribution in [0.15, 0.2) is 24.3 Å². The van der Waals surface area contributed by atoms with Crippen molar-refractivity contribution < 1.29 is 14.7 Å². The number of carbonyl (C=O) groups excluding carboxylic acids is 1. The SMILES string of the molecule is O=C(O)c1ccc(CCC(=O)N2CCSC3CCCCC32)cc1. The first-order valence-corrected chi connectivity index (χ1v) is 9.43. The molecule has 1 aliphatic heterocycles. The molecule has 1 N–H and O–H groups in total. The number of fused-ring (bicyclic) bond motifs is 1. The summed E-state index contributed by atoms with van der Waals surface area (Å²) in [5.74, 6) is 0.395. The summed E-state index contributed by atoms with van der Waals surface area (Å²) < 4.78 is 0. The molecule has 2 aliphatic rings. The maximum absolute atomic E-state index is 12.6. The molecular weight excluding hydrogens is 310 g/mol. The maximum atomic E-state index is 12.6. The van der Waals surface area contributed by atoms with E-state index in [0.717, 1.165) is 24.3 Å². The summed E-state index contributed by atoms with van der Waals surface area (Å²) in [5.41, 5.74) is 1.31. The Labute approximate surface area is 141 Å². The lowest BCUT2D eigenvalue weighted by molar-refractivity contribution is -0.133. The molecule has 1 heterocycles. The molecule has 1 saturated heterocycles. The lowest BCUT2D eigenvalue weighted by atomic mass is 9.93. The zero-order chi connectivity index (χ0) is 16.2. The number of carbonyl (C=O) groups is 2. The fraction of sp³-hybridized carbons (Fsp3) is 0.556. The molecule has 124 valence electrons. The van der Waals surface area contributed by atoms with Crippen LogP contribution in [0.4, 0.5) is 0 Å². The van der Waals surface area contributed by atoms with Gasteiger partial charge in [0.25, 0.3) is 0 Å². The van der Waals surface area contributed by atoms with E-state index in [9.17, 15) is 9.59 Å². The molecule has 2 fully saturated rings. The molecule has 3 rings (SSSR count). The van der Waals surface area contributed by atoms with E-state index in [-0.39, 0.29) is 11.5 Å². The molecule has 1 aromatic rings. The quantitative estimate of drug-likeness (QED) is 0.919. The second kappa shape index (κ2) is 7.39. The maximum Gasteiger partial charge on any atom is 0.335 e. The summed E-state index contributed by atoms with van der Waals surface area (Å²) in [5, 5.41) is 9.55. The number of benzene rings is 1. The fourth-order valence-electron chi connectivity index (χ4n) is 3.61. The van der Waals surface area contributed by atoms with Crippen LogP contribution in [0.5, 0.6) is 0 Å². The molecule has 0 aromatic heterocycles. The van der Waals surface area contributed by atoms with Crippen molar-refractivity contribution >= 4 is 23.6 Å². The van der Waals surface area contributed by atoms with Gasteiger partial charge in [0.15, 0.2) is 0 Å². The smallest absolute Gasteiger partial charge is 0.335 e. The number of nitrogens with zero attached hydrogens (tertiary/aromatic N) is 1. The Kier molecular flexibility index (Phi) is 5.26. The van der Waals surface area contributed by atoms with Crippen LogP contribution in [0.2, 0.25) is 0 Å². The normalized spacial score (nSPS) is 24.1. The van der Waals surface area contributed by atoms with Crippen LogP contribution >= 0.6 is 11.8 Å². The molecule has 1 amide bonds. The number of thioether (sulfide) groups is 1. The lowest BCUT2D eigenvalue weighted by Gasteiger charge is -2.43. The molecule has 1 saturated carbocycles. The van der Waals surface area contributed by atoms with E-state index in [4.69, 9.17) is 5.11 Å². The highest BCUT2D eigenvalue weighted by Crippen LogP contribution is 2.35. The number of hydrogen-bond donors (Lipinski definition) is 1. The van der Waals surface area contributed by atoms with Crippen molar-refractivity contribution in [3.8, 4) is 0 Å². The van der Waals surface area contributed by atoms with Crippen molar-refractivity contribution in [3.63, 3.8) is 0 Å². The van der Waals surface area contributed by atoms with Gasteiger partial charge in [0.05, 0.1) is 5.56 Å². The van der Waals surface area contributed by atoms with Gasteiger partial charge in [-0.1, -0.05) is 25.0 Å². The molecule has 2 unspecified atom stereocenters. The second-order valence-electron chi connectivity index (χ2n) is 6.35. The first kappa shape index (κ1) is 16.4. The van der Waals surface area contributed by atoms with Gasteiger partial charge in [-0.3, -0.25) is 4.79 Å². The first-order chi connectivity index (χ1) is 11.1. The summed E-state index contributed by atoms with van der Waals surface area (Å²) in [6.07, 6.45) is 6.13. The molecule has 23 heavy (non-hydrogen) atoms. The number of carboxylic acids is 1. The largest absolute Gasteiger partial charge is 0.478 e. The predicted octanol–water partition coefficient (Wildman–Crippen LogP) is 3.20. The number of carboxylic acid groups (broad SMARTS) is 1. The van der Waals surface area contributed by atoms with Crippen LogP contribution in [-0.4, -0.2) is 45.5 Å². The van der Waals surface area contributed by atoms with Gasteiger partial charge in [-0.05, 0) is 37.0 Å². The van der Waals surface area contributed by atoms with Gasteiger partial charge in [0.1, 0.15) is 0 Å². The number of amides is 1. The van der Waals surface area contributed by atoms with Crippen molar-refractivity contribution in [1.82, 2.24) is 4.90 Å². The van der Waals surface area contributed by atoms with Crippen LogP contribution in [0.1, 0.15) is 48.0 Å². The van der Waals surface area contributed by atoms with E-state index < -0.39 is 5.97 Å². The van der Waals surface area contributed by atoms with Crippen molar-refractivity contribution in [3.05, 3.63) is 35.4 Å². The highest BCUT2D eigenvalue weighted by molar-refractivity contribution is 8.00. The number of aromatic carboxylic acids is 1. The Hall–Kier alpha value is -1.49. The van der Waals surface area contributed by atoms with Gasteiger partial charge in [-0.15, -0.1) is 0 Å². The second-order valence-corrected chi connectivity index (χ2v) is 7.70. The third kappa shape index (κ3) is 3.89. The molecule has 0 spiro atoms. The fourth-order valence-corrected chi connectivity index (χ4v) is 5.06. The van der Waals surface area contributed by atoms with Crippen molar-refractivity contribution in [2.24, 2.45) is 0 Å². The highest BCUT2D eigenvalue weighted by Gasteiger charge is 2.35. The standard InChI is InChI=1S/C18H23NO3S/c20-17(10-7-13-5-8-14(9-6-13)18(21)22)19-11-12-23-16-4-2-1-3-15(16)19/h5-6,8-9,15-16H,1-4,7,10-12H2,(H,21,22). The van der Waals surface area contributed by atoms with Crippen molar-refractivity contribution in [2.45, 2.75) is 49.8 Å². The van der Waals surface area contributed by atoms with Crippen LogP contribution in [0.3, 0.4) is 0 Å². The summed E-state index contributed by atoms with van der Waals surface area (Å²) in [6.45, 7) is 0.878. The zero-order valence-electron chi connectivity index (χ0n) is 13.2. The van der Waals surface area contributed by atoms with Gasteiger partial charge >= 0.3 is 5.97 Å². The highest BCUT2D eigenvalue weighted by atomic mass is 32.2. The third-order valence-corrected chi connectivity index (χ3v) is 6.28. The first-order valence-electron chi connectivity index (χ1n) is 8.38. The molecular formula is C18H23NO3S. The molecule has 4 nitrogen and oxygen atoms in total. The predicted molar refractivity (Wildman–Crippen MR) is 91.9 cm³/mol. The topological polar surface area (TPSA) is 57.6 Å². The van der Waals surface area contributed by atoms with E-state index >= 15 is 0 Å². The zero-order valence-corrected chi connectivity index (χ0v) is 14.1. The van der Waals surface area contributed by atoms with Crippen molar-refractivity contribution in [2.75, 3.05) is 12.3 Å². The Morgan fingerprint density at radius 2 is 1.91 bits per heavy atom. The summed E-state index contributed by atoms with van der Waals surface area (Å²) in [6, 6.07) is 7.27. The average Bonchev–Trinajstić information content (AvgIpc) is 2.59. The third-order valence-electron chi connectivity index (χ3n) is 4.88. The van der Waals surface area contributed by atoms with Crippen LogP contribution in [0.25, 0.3) is 0 Å². The summed E-state index contributed by atoms with van der Waals surface area (Å²) in [4.78, 5) is 25.6. The number of rotatable bonds is 4. The Bertz CT molecular complexity index is 570. The van der Waals surface area contributed by atoms with Crippen molar-refractivity contribution in [1.29, 1.82) is 0 Å². The van der Waals surface area contributed by atoms with Gasteiger partial charge in [0.2, 0.25) is 5.91 Å². The van der Waals surface area contributed by atoms with Gasteiger partial charge in [-0.2, -0.15) is 11.8 Å². The van der Waals surface area contributed by atoms with E-state index in [1.54, 1.807) is 12.1 Å². The summed E-state index contributed by atoms with van der Waals surface area (Å²) >= 11 is 2.04. The van der Waals surface area contributed by atoms with Crippen LogP contribution < -0.4 is 0 Å². The van der Waals surface area contributed by atoms with Crippen LogP contribution in [0, 0.1) is 0 Å². The minimum Gasteiger partial charge on any atom is -0.478 e. The van der Waals surface area contributed by atoms with E-state index in [0.29, 0.717) is 24.1 Å². The molecule has 1 aromatic carbocycles. The monoisotopic (exact) mass is 333 g/mol. The average molecular weight is 333 g/mol. The summed E-state index contributed by atoms with van der Waals surface area (Å²) in [7, 11) is 0.